The molecular formula is C7H11NO4. The largest absolute Gasteiger partial charge is 0.480 e. The van der Waals surface area contributed by atoms with Gasteiger partial charge in [-0.1, -0.05) is 5.92 Å². The van der Waals surface area contributed by atoms with Crippen LogP contribution in [0.15, 0.2) is 0 Å². The van der Waals surface area contributed by atoms with E-state index in [2.05, 4.69) is 16.2 Å². The number of hydrogen-bond acceptors (Lipinski definition) is 4. The van der Waals surface area contributed by atoms with Gasteiger partial charge < -0.3 is 10.2 Å². The van der Waals surface area contributed by atoms with Crippen molar-refractivity contribution in [2.45, 2.75) is 12.5 Å². The molecule has 0 unspecified atom stereocenters. The van der Waals surface area contributed by atoms with Crippen molar-refractivity contribution in [3.63, 3.8) is 0 Å². The number of terminal acetylenes is 1. The van der Waals surface area contributed by atoms with E-state index >= 15 is 0 Å². The van der Waals surface area contributed by atoms with Gasteiger partial charge in [-0.3, -0.25) is 9.63 Å². The number of rotatable bonds is 6. The van der Waals surface area contributed by atoms with Gasteiger partial charge in [0.15, 0.2) is 0 Å². The lowest BCUT2D eigenvalue weighted by molar-refractivity contribution is -0.144. The highest BCUT2D eigenvalue weighted by Crippen LogP contribution is 1.90. The summed E-state index contributed by atoms with van der Waals surface area (Å²) in [7, 11) is 0. The minimum Gasteiger partial charge on any atom is -0.480 e. The van der Waals surface area contributed by atoms with Crippen molar-refractivity contribution in [3.05, 3.63) is 0 Å². The van der Waals surface area contributed by atoms with Gasteiger partial charge in [-0.05, 0) is 6.42 Å². The predicted molar refractivity (Wildman–Crippen MR) is 41.0 cm³/mol. The summed E-state index contributed by atoms with van der Waals surface area (Å²) in [5, 5.41) is 16.9. The van der Waals surface area contributed by atoms with E-state index in [0.717, 1.165) is 0 Å². The first kappa shape index (κ1) is 10.9. The lowest BCUT2D eigenvalue weighted by Crippen LogP contribution is -2.37. The predicted octanol–water partition coefficient (Wildman–Crippen LogP) is -1.02. The third kappa shape index (κ3) is 4.68. The Balaban J connectivity index is 3.65. The van der Waals surface area contributed by atoms with Gasteiger partial charge in [0, 0.05) is 6.61 Å². The molecule has 5 heteroatoms. The van der Waals surface area contributed by atoms with Crippen molar-refractivity contribution >= 4 is 5.97 Å². The summed E-state index contributed by atoms with van der Waals surface area (Å²) in [6.45, 7) is -0.224. The molecule has 0 saturated carbocycles. The molecule has 0 aliphatic carbocycles. The molecule has 0 aromatic heterocycles. The van der Waals surface area contributed by atoms with Crippen LogP contribution < -0.4 is 5.48 Å². The molecule has 5 nitrogen and oxygen atoms in total. The van der Waals surface area contributed by atoms with E-state index in [0.29, 0.717) is 0 Å². The van der Waals surface area contributed by atoms with Gasteiger partial charge in [0.05, 0.1) is 0 Å². The molecule has 1 atom stereocenters. The van der Waals surface area contributed by atoms with Crippen molar-refractivity contribution in [2.75, 3.05) is 13.2 Å². The first-order valence-corrected chi connectivity index (χ1v) is 3.36. The van der Waals surface area contributed by atoms with Gasteiger partial charge in [-0.25, -0.2) is 0 Å². The number of aliphatic hydroxyl groups excluding tert-OH is 1. The lowest BCUT2D eigenvalue weighted by atomic mass is 10.2. The monoisotopic (exact) mass is 173 g/mol. The summed E-state index contributed by atoms with van der Waals surface area (Å²) >= 11 is 0. The number of aliphatic carboxylic acids is 1. The second kappa shape index (κ2) is 6.61. The molecule has 0 fully saturated rings. The van der Waals surface area contributed by atoms with Gasteiger partial charge in [-0.2, -0.15) is 5.48 Å². The van der Waals surface area contributed by atoms with Crippen molar-refractivity contribution in [3.8, 4) is 12.3 Å². The maximum atomic E-state index is 10.4. The van der Waals surface area contributed by atoms with Crippen LogP contribution in [-0.2, 0) is 9.63 Å². The summed E-state index contributed by atoms with van der Waals surface area (Å²) in [6, 6.07) is -0.914. The van der Waals surface area contributed by atoms with Crippen molar-refractivity contribution in [2.24, 2.45) is 0 Å². The first-order valence-electron chi connectivity index (χ1n) is 3.36. The van der Waals surface area contributed by atoms with E-state index in [1.807, 2.05) is 0 Å². The average molecular weight is 173 g/mol. The van der Waals surface area contributed by atoms with Crippen molar-refractivity contribution < 1.29 is 19.8 Å². The number of nitrogens with one attached hydrogen (secondary N) is 1. The van der Waals surface area contributed by atoms with Gasteiger partial charge in [0.1, 0.15) is 12.6 Å². The Morgan fingerprint density at radius 2 is 2.42 bits per heavy atom. The molecule has 0 rings (SSSR count). The van der Waals surface area contributed by atoms with Crippen LogP contribution in [0.25, 0.3) is 0 Å². The SMILES string of the molecule is C#CCON[C@@H](CCO)C(=O)O. The summed E-state index contributed by atoms with van der Waals surface area (Å²) in [6.07, 6.45) is 4.94. The molecule has 0 radical (unpaired) electrons. The zero-order valence-electron chi connectivity index (χ0n) is 6.49. The van der Waals surface area contributed by atoms with E-state index in [9.17, 15) is 4.79 Å². The fourth-order valence-electron chi connectivity index (χ4n) is 0.546. The number of aliphatic hydroxyl groups is 1. The van der Waals surface area contributed by atoms with E-state index in [1.165, 1.54) is 0 Å². The first-order chi connectivity index (χ1) is 5.72. The van der Waals surface area contributed by atoms with Crippen LogP contribution in [0.1, 0.15) is 6.42 Å². The zero-order chi connectivity index (χ0) is 9.40. The molecule has 0 amide bonds. The van der Waals surface area contributed by atoms with Crippen LogP contribution in [0, 0.1) is 12.3 Å². The molecule has 0 bridgehead atoms. The van der Waals surface area contributed by atoms with Gasteiger partial charge in [0.2, 0.25) is 0 Å². The smallest absolute Gasteiger partial charge is 0.323 e. The number of carbonyl (C=O) groups is 1. The van der Waals surface area contributed by atoms with Crippen LogP contribution in [0.5, 0.6) is 0 Å². The number of hydroxylamine groups is 1. The minimum atomic E-state index is -1.08. The topological polar surface area (TPSA) is 78.8 Å². The third-order valence-corrected chi connectivity index (χ3v) is 1.10. The Morgan fingerprint density at radius 3 is 2.83 bits per heavy atom. The average Bonchev–Trinajstić information content (AvgIpc) is 2.03. The summed E-state index contributed by atoms with van der Waals surface area (Å²) in [5.41, 5.74) is 2.22. The highest BCUT2D eigenvalue weighted by Gasteiger charge is 2.15. The second-order valence-electron chi connectivity index (χ2n) is 2.01. The summed E-state index contributed by atoms with van der Waals surface area (Å²) < 4.78 is 0. The quantitative estimate of drug-likeness (QED) is 0.272. The number of carboxylic acids is 1. The lowest BCUT2D eigenvalue weighted by Gasteiger charge is -2.10. The van der Waals surface area contributed by atoms with Crippen molar-refractivity contribution in [1.82, 2.24) is 5.48 Å². The maximum absolute atomic E-state index is 10.4. The number of hydrogen-bond donors (Lipinski definition) is 3. The van der Waals surface area contributed by atoms with Crippen molar-refractivity contribution in [1.29, 1.82) is 0 Å². The van der Waals surface area contributed by atoms with Gasteiger partial charge >= 0.3 is 5.97 Å². The zero-order valence-corrected chi connectivity index (χ0v) is 6.49. The van der Waals surface area contributed by atoms with E-state index in [4.69, 9.17) is 16.6 Å². The fourth-order valence-corrected chi connectivity index (χ4v) is 0.546. The van der Waals surface area contributed by atoms with Crippen LogP contribution in [0.2, 0.25) is 0 Å². The van der Waals surface area contributed by atoms with Gasteiger partial charge in [0.25, 0.3) is 0 Å². The van der Waals surface area contributed by atoms with Crippen LogP contribution in [0.4, 0.5) is 0 Å². The molecule has 0 aromatic carbocycles. The molecule has 68 valence electrons. The molecule has 0 saturated heterocycles. The number of carboxylic acid groups (broad SMARTS) is 1. The Labute approximate surface area is 70.3 Å². The van der Waals surface area contributed by atoms with E-state index < -0.39 is 12.0 Å². The Hall–Kier alpha value is -1.09. The second-order valence-corrected chi connectivity index (χ2v) is 2.01. The molecular weight excluding hydrogens is 162 g/mol. The fraction of sp³-hybridized carbons (Fsp3) is 0.571. The van der Waals surface area contributed by atoms with E-state index in [1.54, 1.807) is 0 Å². The molecule has 0 aromatic rings. The standard InChI is InChI=1S/C7H11NO4/c1-2-5-12-8-6(3-4-9)7(10)11/h1,6,8-9H,3-5H2,(H,10,11)/t6-/m0/s1. The molecule has 12 heavy (non-hydrogen) atoms. The summed E-state index contributed by atoms with van der Waals surface area (Å²) in [5.74, 6) is 1.08. The van der Waals surface area contributed by atoms with Crippen LogP contribution >= 0.6 is 0 Å². The van der Waals surface area contributed by atoms with Gasteiger partial charge in [-0.15, -0.1) is 6.42 Å². The normalized spacial score (nSPS) is 12.0. The van der Waals surface area contributed by atoms with Crippen LogP contribution in [0.3, 0.4) is 0 Å². The Kier molecular flexibility index (Phi) is 6.01. The minimum absolute atomic E-state index is 0.00475. The summed E-state index contributed by atoms with van der Waals surface area (Å²) in [4.78, 5) is 15.0. The Morgan fingerprint density at radius 1 is 1.75 bits per heavy atom. The molecule has 3 N–H and O–H groups in total. The molecule has 0 aliphatic heterocycles. The molecule has 0 aliphatic rings. The molecule has 0 spiro atoms. The third-order valence-electron chi connectivity index (χ3n) is 1.10. The highest BCUT2D eigenvalue weighted by molar-refractivity contribution is 5.73. The molecule has 0 heterocycles. The highest BCUT2D eigenvalue weighted by atomic mass is 16.6. The van der Waals surface area contributed by atoms with Crippen LogP contribution in [-0.4, -0.2) is 35.4 Å². The maximum Gasteiger partial charge on any atom is 0.323 e. The Bertz CT molecular complexity index is 175. The van der Waals surface area contributed by atoms with E-state index in [-0.39, 0.29) is 19.6 Å².